The van der Waals surface area contributed by atoms with E-state index in [9.17, 15) is 9.18 Å². The Balaban J connectivity index is 1.86. The second-order valence-corrected chi connectivity index (χ2v) is 4.92. The van der Waals surface area contributed by atoms with Gasteiger partial charge in [0.25, 0.3) is 0 Å². The molecule has 0 aliphatic carbocycles. The number of aryl methyl sites for hydroxylation is 1. The third-order valence-corrected chi connectivity index (χ3v) is 3.71. The van der Waals surface area contributed by atoms with Crippen molar-refractivity contribution in [3.05, 3.63) is 35.6 Å². The first kappa shape index (κ1) is 13.1. The van der Waals surface area contributed by atoms with E-state index in [1.807, 2.05) is 4.90 Å². The summed E-state index contributed by atoms with van der Waals surface area (Å²) in [5.74, 6) is 0.0133. The second kappa shape index (κ2) is 5.98. The minimum absolute atomic E-state index is 0.226. The molecule has 1 aromatic carbocycles. The number of hydrogen-bond acceptors (Lipinski definition) is 1. The van der Waals surface area contributed by atoms with Crippen LogP contribution < -0.4 is 0 Å². The highest BCUT2D eigenvalue weighted by Gasteiger charge is 2.26. The Morgan fingerprint density at radius 3 is 2.78 bits per heavy atom. The first-order valence-electron chi connectivity index (χ1n) is 6.74. The van der Waals surface area contributed by atoms with E-state index in [-0.39, 0.29) is 11.7 Å². The smallest absolute Gasteiger partial charge is 0.223 e. The topological polar surface area (TPSA) is 20.3 Å². The number of carbonyl (C=O) groups excluding carboxylic acids is 1. The molecule has 1 fully saturated rings. The number of likely N-dealkylation sites (tertiary alicyclic amines) is 1. The molecule has 1 saturated heterocycles. The summed E-state index contributed by atoms with van der Waals surface area (Å²) in [7, 11) is 0. The van der Waals surface area contributed by atoms with Gasteiger partial charge in [0.05, 0.1) is 0 Å². The fourth-order valence-electron chi connectivity index (χ4n) is 2.63. The van der Waals surface area contributed by atoms with Crippen molar-refractivity contribution in [3.63, 3.8) is 0 Å². The normalized spacial score (nSPS) is 19.2. The van der Waals surface area contributed by atoms with Crippen LogP contribution in [0.25, 0.3) is 0 Å². The zero-order valence-electron chi connectivity index (χ0n) is 10.9. The van der Waals surface area contributed by atoms with Gasteiger partial charge in [-0.1, -0.05) is 19.1 Å². The molecule has 0 radical (unpaired) electrons. The number of halogens is 1. The third-order valence-electron chi connectivity index (χ3n) is 3.71. The molecule has 0 aromatic heterocycles. The highest BCUT2D eigenvalue weighted by Crippen LogP contribution is 2.21. The molecule has 1 aliphatic rings. The lowest BCUT2D eigenvalue weighted by molar-refractivity contribution is -0.132. The van der Waals surface area contributed by atoms with Gasteiger partial charge in [-0.2, -0.15) is 0 Å². The van der Waals surface area contributed by atoms with Gasteiger partial charge < -0.3 is 4.90 Å². The highest BCUT2D eigenvalue weighted by molar-refractivity contribution is 5.77. The lowest BCUT2D eigenvalue weighted by Gasteiger charge is -2.23. The van der Waals surface area contributed by atoms with E-state index in [1.54, 1.807) is 12.1 Å². The van der Waals surface area contributed by atoms with Gasteiger partial charge >= 0.3 is 0 Å². The molecule has 1 aliphatic heterocycles. The molecule has 3 heteroatoms. The van der Waals surface area contributed by atoms with Crippen molar-refractivity contribution in [2.75, 3.05) is 6.54 Å². The van der Waals surface area contributed by atoms with Gasteiger partial charge in [0, 0.05) is 19.0 Å². The van der Waals surface area contributed by atoms with Crippen LogP contribution in [0.15, 0.2) is 24.3 Å². The Morgan fingerprint density at radius 1 is 1.39 bits per heavy atom. The summed E-state index contributed by atoms with van der Waals surface area (Å²) < 4.78 is 12.8. The number of hydrogen-bond donors (Lipinski definition) is 0. The van der Waals surface area contributed by atoms with Gasteiger partial charge in [-0.15, -0.1) is 0 Å². The molecule has 0 N–H and O–H groups in total. The maximum absolute atomic E-state index is 12.8. The number of rotatable bonds is 4. The van der Waals surface area contributed by atoms with E-state index in [2.05, 4.69) is 6.92 Å². The van der Waals surface area contributed by atoms with E-state index < -0.39 is 0 Å². The third kappa shape index (κ3) is 3.09. The molecular weight excluding hydrogens is 229 g/mol. The summed E-state index contributed by atoms with van der Waals surface area (Å²) in [5.41, 5.74) is 1.02. The van der Waals surface area contributed by atoms with Gasteiger partial charge in [-0.3, -0.25) is 4.79 Å². The van der Waals surface area contributed by atoms with Crippen molar-refractivity contribution in [2.24, 2.45) is 0 Å². The van der Waals surface area contributed by atoms with Crippen LogP contribution in [0.5, 0.6) is 0 Å². The standard InChI is InChI=1S/C15H20FNO/c1-2-14-4-3-11-17(14)15(18)10-7-12-5-8-13(16)9-6-12/h5-6,8-9,14H,2-4,7,10-11H2,1H3. The predicted molar refractivity (Wildman–Crippen MR) is 69.7 cm³/mol. The van der Waals surface area contributed by atoms with Crippen molar-refractivity contribution in [2.45, 2.75) is 45.1 Å². The van der Waals surface area contributed by atoms with Crippen LogP contribution in [0.2, 0.25) is 0 Å². The van der Waals surface area contributed by atoms with E-state index in [4.69, 9.17) is 0 Å². The van der Waals surface area contributed by atoms with Crippen LogP contribution in [0, 0.1) is 5.82 Å². The lowest BCUT2D eigenvalue weighted by atomic mass is 10.1. The van der Waals surface area contributed by atoms with Gasteiger partial charge in [-0.05, 0) is 43.4 Å². The number of amides is 1. The van der Waals surface area contributed by atoms with Crippen LogP contribution in [0.3, 0.4) is 0 Å². The monoisotopic (exact) mass is 249 g/mol. The van der Waals surface area contributed by atoms with E-state index in [1.165, 1.54) is 12.1 Å². The van der Waals surface area contributed by atoms with Crippen molar-refractivity contribution in [3.8, 4) is 0 Å². The summed E-state index contributed by atoms with van der Waals surface area (Å²) in [6.07, 6.45) is 4.54. The predicted octanol–water partition coefficient (Wildman–Crippen LogP) is 3.16. The summed E-state index contributed by atoms with van der Waals surface area (Å²) in [4.78, 5) is 14.1. The Bertz CT molecular complexity index is 401. The lowest BCUT2D eigenvalue weighted by Crippen LogP contribution is -2.35. The zero-order valence-corrected chi connectivity index (χ0v) is 10.9. The summed E-state index contributed by atoms with van der Waals surface area (Å²) in [6, 6.07) is 6.84. The van der Waals surface area contributed by atoms with Crippen molar-refractivity contribution in [1.29, 1.82) is 0 Å². The second-order valence-electron chi connectivity index (χ2n) is 4.92. The molecular formula is C15H20FNO. The average molecular weight is 249 g/mol. The molecule has 1 atom stereocenters. The molecule has 98 valence electrons. The zero-order chi connectivity index (χ0) is 13.0. The minimum Gasteiger partial charge on any atom is -0.340 e. The molecule has 1 heterocycles. The molecule has 0 spiro atoms. The fraction of sp³-hybridized carbons (Fsp3) is 0.533. The van der Waals surface area contributed by atoms with Crippen LogP contribution in [-0.2, 0) is 11.2 Å². The van der Waals surface area contributed by atoms with Gasteiger partial charge in [0.2, 0.25) is 5.91 Å². The molecule has 0 saturated carbocycles. The van der Waals surface area contributed by atoms with E-state index >= 15 is 0 Å². The fourth-order valence-corrected chi connectivity index (χ4v) is 2.63. The number of nitrogens with zero attached hydrogens (tertiary/aromatic N) is 1. The molecule has 1 amide bonds. The van der Waals surface area contributed by atoms with E-state index in [0.717, 1.165) is 31.4 Å². The average Bonchev–Trinajstić information content (AvgIpc) is 2.86. The highest BCUT2D eigenvalue weighted by atomic mass is 19.1. The van der Waals surface area contributed by atoms with Crippen molar-refractivity contribution < 1.29 is 9.18 Å². The van der Waals surface area contributed by atoms with Crippen LogP contribution in [0.4, 0.5) is 4.39 Å². The largest absolute Gasteiger partial charge is 0.340 e. The van der Waals surface area contributed by atoms with Crippen LogP contribution >= 0.6 is 0 Å². The maximum atomic E-state index is 12.8. The Labute approximate surface area is 108 Å². The van der Waals surface area contributed by atoms with Crippen LogP contribution in [0.1, 0.15) is 38.2 Å². The van der Waals surface area contributed by atoms with Gasteiger partial charge in [-0.25, -0.2) is 4.39 Å². The summed E-state index contributed by atoms with van der Waals surface area (Å²) in [5, 5.41) is 0. The molecule has 2 nitrogen and oxygen atoms in total. The molecule has 1 aromatic rings. The van der Waals surface area contributed by atoms with Gasteiger partial charge in [0.1, 0.15) is 5.82 Å². The molecule has 18 heavy (non-hydrogen) atoms. The molecule has 0 bridgehead atoms. The Morgan fingerprint density at radius 2 is 2.11 bits per heavy atom. The summed E-state index contributed by atoms with van der Waals surface area (Å²) >= 11 is 0. The quantitative estimate of drug-likeness (QED) is 0.802. The minimum atomic E-state index is -0.226. The van der Waals surface area contributed by atoms with Crippen molar-refractivity contribution >= 4 is 5.91 Å². The Kier molecular flexibility index (Phi) is 4.34. The first-order valence-corrected chi connectivity index (χ1v) is 6.74. The first-order chi connectivity index (χ1) is 8.70. The maximum Gasteiger partial charge on any atom is 0.223 e. The molecule has 2 rings (SSSR count). The SMILES string of the molecule is CCC1CCCN1C(=O)CCc1ccc(F)cc1. The van der Waals surface area contributed by atoms with Crippen LogP contribution in [-0.4, -0.2) is 23.4 Å². The van der Waals surface area contributed by atoms with Crippen molar-refractivity contribution in [1.82, 2.24) is 4.90 Å². The molecule has 1 unspecified atom stereocenters. The van der Waals surface area contributed by atoms with Gasteiger partial charge in [0.15, 0.2) is 0 Å². The number of benzene rings is 1. The Hall–Kier alpha value is -1.38. The van der Waals surface area contributed by atoms with E-state index in [0.29, 0.717) is 18.9 Å². The summed E-state index contributed by atoms with van der Waals surface area (Å²) in [6.45, 7) is 3.04. The number of carbonyl (C=O) groups is 1.